The van der Waals surface area contributed by atoms with Crippen molar-refractivity contribution in [1.29, 1.82) is 0 Å². The van der Waals surface area contributed by atoms with Gasteiger partial charge in [0, 0.05) is 5.69 Å². The van der Waals surface area contributed by atoms with Gasteiger partial charge in [0.25, 0.3) is 0 Å². The Morgan fingerprint density at radius 1 is 1.05 bits per heavy atom. The van der Waals surface area contributed by atoms with Gasteiger partial charge in [-0.25, -0.2) is 4.79 Å². The zero-order valence-corrected chi connectivity index (χ0v) is 13.3. The second-order valence-electron chi connectivity index (χ2n) is 5.37. The molecule has 2 aromatic rings. The Kier molecular flexibility index (Phi) is 5.42. The van der Waals surface area contributed by atoms with Gasteiger partial charge in [0.15, 0.2) is 0 Å². The molecule has 0 spiro atoms. The van der Waals surface area contributed by atoms with E-state index in [1.54, 1.807) is 0 Å². The lowest BCUT2D eigenvalue weighted by molar-refractivity contribution is 0.247. The molecule has 0 saturated carbocycles. The summed E-state index contributed by atoms with van der Waals surface area (Å²) in [7, 11) is 0. The minimum Gasteiger partial charge on any atom is -0.492 e. The number of anilines is 1. The Morgan fingerprint density at radius 2 is 1.73 bits per heavy atom. The summed E-state index contributed by atoms with van der Waals surface area (Å²) in [5, 5.41) is 5.60. The summed E-state index contributed by atoms with van der Waals surface area (Å²) in [6.45, 7) is 6.91. The molecule has 0 aliphatic carbocycles. The van der Waals surface area contributed by atoms with Gasteiger partial charge < -0.3 is 15.4 Å². The number of hydrogen-bond acceptors (Lipinski definition) is 2. The van der Waals surface area contributed by atoms with Crippen molar-refractivity contribution in [3.63, 3.8) is 0 Å². The van der Waals surface area contributed by atoms with Gasteiger partial charge in [0.05, 0.1) is 6.54 Å². The van der Waals surface area contributed by atoms with E-state index in [9.17, 15) is 4.79 Å². The number of urea groups is 1. The molecule has 0 aliphatic heterocycles. The maximum atomic E-state index is 11.8. The zero-order chi connectivity index (χ0) is 15.9. The first kappa shape index (κ1) is 15.9. The summed E-state index contributed by atoms with van der Waals surface area (Å²) in [6, 6.07) is 13.5. The largest absolute Gasteiger partial charge is 0.492 e. The summed E-state index contributed by atoms with van der Waals surface area (Å²) >= 11 is 0. The number of hydrogen-bond donors (Lipinski definition) is 2. The molecule has 0 bridgehead atoms. The summed E-state index contributed by atoms with van der Waals surface area (Å²) in [6.07, 6.45) is 0. The van der Waals surface area contributed by atoms with E-state index >= 15 is 0 Å². The van der Waals surface area contributed by atoms with Crippen molar-refractivity contribution in [1.82, 2.24) is 5.32 Å². The first-order chi connectivity index (χ1) is 10.5. The number of rotatable bonds is 5. The van der Waals surface area contributed by atoms with Crippen LogP contribution in [-0.4, -0.2) is 19.2 Å². The van der Waals surface area contributed by atoms with Gasteiger partial charge in [-0.3, -0.25) is 0 Å². The highest BCUT2D eigenvalue weighted by molar-refractivity contribution is 5.89. The van der Waals surface area contributed by atoms with E-state index < -0.39 is 0 Å². The number of ether oxygens (including phenoxy) is 1. The average Bonchev–Trinajstić information content (AvgIpc) is 2.45. The quantitative estimate of drug-likeness (QED) is 0.825. The topological polar surface area (TPSA) is 50.4 Å². The standard InChI is InChI=1S/C18H22N2O2/c1-13-10-14(2)12-16(11-13)22-9-8-19-18(21)20-17-7-5-4-6-15(17)3/h4-7,10-12H,8-9H2,1-3H3,(H2,19,20,21). The zero-order valence-electron chi connectivity index (χ0n) is 13.3. The Bertz CT molecular complexity index is 633. The van der Waals surface area contributed by atoms with E-state index in [-0.39, 0.29) is 6.03 Å². The Balaban J connectivity index is 1.74. The number of amides is 2. The lowest BCUT2D eigenvalue weighted by Gasteiger charge is -2.11. The number of para-hydroxylation sites is 1. The second-order valence-corrected chi connectivity index (χ2v) is 5.37. The van der Waals surface area contributed by atoms with Crippen LogP contribution in [-0.2, 0) is 0 Å². The summed E-state index contributed by atoms with van der Waals surface area (Å²) < 4.78 is 5.65. The van der Waals surface area contributed by atoms with E-state index in [4.69, 9.17) is 4.74 Å². The van der Waals surface area contributed by atoms with E-state index in [1.807, 2.05) is 57.2 Å². The van der Waals surface area contributed by atoms with Gasteiger partial charge >= 0.3 is 6.03 Å². The van der Waals surface area contributed by atoms with E-state index in [0.29, 0.717) is 13.2 Å². The van der Waals surface area contributed by atoms with Crippen molar-refractivity contribution in [2.24, 2.45) is 0 Å². The SMILES string of the molecule is Cc1cc(C)cc(OCCNC(=O)Nc2ccccc2C)c1. The fraction of sp³-hybridized carbons (Fsp3) is 0.278. The van der Waals surface area contributed by atoms with E-state index in [2.05, 4.69) is 16.7 Å². The van der Waals surface area contributed by atoms with Crippen LogP contribution >= 0.6 is 0 Å². The fourth-order valence-corrected chi connectivity index (χ4v) is 2.23. The molecule has 4 nitrogen and oxygen atoms in total. The molecule has 0 saturated heterocycles. The predicted molar refractivity (Wildman–Crippen MR) is 89.6 cm³/mol. The van der Waals surface area contributed by atoms with Gasteiger partial charge in [-0.15, -0.1) is 0 Å². The monoisotopic (exact) mass is 298 g/mol. The molecule has 116 valence electrons. The third kappa shape index (κ3) is 4.81. The van der Waals surface area contributed by atoms with Crippen LogP contribution in [0, 0.1) is 20.8 Å². The molecule has 0 aliphatic rings. The van der Waals surface area contributed by atoms with Crippen LogP contribution in [0.5, 0.6) is 5.75 Å². The van der Waals surface area contributed by atoms with Crippen molar-refractivity contribution in [3.05, 3.63) is 59.2 Å². The first-order valence-corrected chi connectivity index (χ1v) is 7.36. The molecular formula is C18H22N2O2. The lowest BCUT2D eigenvalue weighted by atomic mass is 10.1. The molecule has 2 aromatic carbocycles. The number of carbonyl (C=O) groups is 1. The van der Waals surface area contributed by atoms with Crippen LogP contribution in [0.1, 0.15) is 16.7 Å². The molecule has 0 radical (unpaired) electrons. The van der Waals surface area contributed by atoms with E-state index in [0.717, 1.165) is 17.0 Å². The Hall–Kier alpha value is -2.49. The van der Waals surface area contributed by atoms with Crippen molar-refractivity contribution in [2.75, 3.05) is 18.5 Å². The van der Waals surface area contributed by atoms with Crippen LogP contribution in [0.3, 0.4) is 0 Å². The molecule has 0 heterocycles. The molecule has 2 N–H and O–H groups in total. The predicted octanol–water partition coefficient (Wildman–Crippen LogP) is 3.81. The third-order valence-electron chi connectivity index (χ3n) is 3.24. The third-order valence-corrected chi connectivity index (χ3v) is 3.24. The van der Waals surface area contributed by atoms with Gasteiger partial charge in [0.2, 0.25) is 0 Å². The summed E-state index contributed by atoms with van der Waals surface area (Å²) in [5.74, 6) is 0.832. The van der Waals surface area contributed by atoms with Crippen molar-refractivity contribution in [2.45, 2.75) is 20.8 Å². The van der Waals surface area contributed by atoms with Crippen molar-refractivity contribution >= 4 is 11.7 Å². The highest BCUT2D eigenvalue weighted by atomic mass is 16.5. The lowest BCUT2D eigenvalue weighted by Crippen LogP contribution is -2.32. The molecule has 22 heavy (non-hydrogen) atoms. The molecule has 0 fully saturated rings. The maximum absolute atomic E-state index is 11.8. The van der Waals surface area contributed by atoms with Crippen LogP contribution < -0.4 is 15.4 Å². The van der Waals surface area contributed by atoms with Crippen molar-refractivity contribution in [3.8, 4) is 5.75 Å². The maximum Gasteiger partial charge on any atom is 0.319 e. The smallest absolute Gasteiger partial charge is 0.319 e. The highest BCUT2D eigenvalue weighted by Gasteiger charge is 2.03. The van der Waals surface area contributed by atoms with Crippen LogP contribution in [0.25, 0.3) is 0 Å². The number of benzene rings is 2. The van der Waals surface area contributed by atoms with Gasteiger partial charge in [-0.1, -0.05) is 24.3 Å². The molecular weight excluding hydrogens is 276 g/mol. The minimum atomic E-state index is -0.224. The summed E-state index contributed by atoms with van der Waals surface area (Å²) in [5.41, 5.74) is 4.18. The molecule has 2 rings (SSSR count). The molecule has 2 amide bonds. The number of nitrogens with one attached hydrogen (secondary N) is 2. The first-order valence-electron chi connectivity index (χ1n) is 7.36. The average molecular weight is 298 g/mol. The molecule has 0 aromatic heterocycles. The van der Waals surface area contributed by atoms with Crippen molar-refractivity contribution < 1.29 is 9.53 Å². The minimum absolute atomic E-state index is 0.224. The Morgan fingerprint density at radius 3 is 2.41 bits per heavy atom. The molecule has 4 heteroatoms. The van der Waals surface area contributed by atoms with Gasteiger partial charge in [-0.05, 0) is 55.7 Å². The fourth-order valence-electron chi connectivity index (χ4n) is 2.23. The Labute approximate surface area is 131 Å². The second kappa shape index (κ2) is 7.50. The normalized spacial score (nSPS) is 10.1. The summed E-state index contributed by atoms with van der Waals surface area (Å²) in [4.78, 5) is 11.8. The van der Waals surface area contributed by atoms with Crippen LogP contribution in [0.15, 0.2) is 42.5 Å². The van der Waals surface area contributed by atoms with E-state index in [1.165, 1.54) is 11.1 Å². The number of aryl methyl sites for hydroxylation is 3. The highest BCUT2D eigenvalue weighted by Crippen LogP contribution is 2.16. The number of carbonyl (C=O) groups excluding carboxylic acids is 1. The van der Waals surface area contributed by atoms with Gasteiger partial charge in [0.1, 0.15) is 12.4 Å². The molecule has 0 unspecified atom stereocenters. The van der Waals surface area contributed by atoms with Gasteiger partial charge in [-0.2, -0.15) is 0 Å². The molecule has 0 atom stereocenters. The van der Waals surface area contributed by atoms with Crippen LogP contribution in [0.2, 0.25) is 0 Å². The van der Waals surface area contributed by atoms with Crippen LogP contribution in [0.4, 0.5) is 10.5 Å².